The molecule has 0 aromatic heterocycles. The Kier molecular flexibility index (Phi) is 14.0. The van der Waals surface area contributed by atoms with Crippen LogP contribution >= 0.6 is 0 Å². The van der Waals surface area contributed by atoms with Gasteiger partial charge < -0.3 is 13.3 Å². The molecule has 0 aromatic rings. The first-order valence-corrected chi connectivity index (χ1v) is 29.4. The van der Waals surface area contributed by atoms with Crippen LogP contribution in [0.4, 0.5) is 0 Å². The highest BCUT2D eigenvalue weighted by atomic mass is 28.4. The molecule has 3 rings (SSSR count). The average Bonchev–Trinajstić information content (AvgIpc) is 3.29. The third kappa shape index (κ3) is 10.3. The van der Waals surface area contributed by atoms with Crippen LogP contribution in [0.1, 0.15) is 147 Å². The fourth-order valence-corrected chi connectivity index (χ4v) is 12.6. The van der Waals surface area contributed by atoms with Gasteiger partial charge in [0.25, 0.3) is 0 Å². The van der Waals surface area contributed by atoms with Gasteiger partial charge in [-0.2, -0.15) is 0 Å². The molecule has 0 heterocycles. The molecule has 3 aliphatic rings. The Morgan fingerprint density at radius 1 is 0.760 bits per heavy atom. The van der Waals surface area contributed by atoms with Gasteiger partial charge in [0.15, 0.2) is 25.0 Å². The van der Waals surface area contributed by atoms with Crippen LogP contribution in [0.2, 0.25) is 54.4 Å². The quantitative estimate of drug-likeness (QED) is 0.147. The third-order valence-corrected chi connectivity index (χ3v) is 28.6. The van der Waals surface area contributed by atoms with Gasteiger partial charge >= 0.3 is 0 Å². The monoisotopic (exact) mass is 745 g/mol. The number of allylic oxidation sites excluding steroid dienone is 3. The number of rotatable bonds is 12. The van der Waals surface area contributed by atoms with Crippen LogP contribution in [0.3, 0.4) is 0 Å². The Morgan fingerprint density at radius 3 is 1.74 bits per heavy atom. The topological polar surface area (TPSA) is 27.7 Å². The van der Waals surface area contributed by atoms with Crippen LogP contribution in [0.15, 0.2) is 35.5 Å². The highest BCUT2D eigenvalue weighted by Crippen LogP contribution is 2.60. The highest BCUT2D eigenvalue weighted by Gasteiger charge is 2.51. The van der Waals surface area contributed by atoms with Crippen LogP contribution < -0.4 is 0 Å². The molecule has 0 spiro atoms. The van der Waals surface area contributed by atoms with Gasteiger partial charge in [-0.05, 0) is 141 Å². The van der Waals surface area contributed by atoms with E-state index in [9.17, 15) is 0 Å². The summed E-state index contributed by atoms with van der Waals surface area (Å²) in [5.74, 6) is 2.32. The summed E-state index contributed by atoms with van der Waals surface area (Å²) in [7, 11) is -5.66. The molecule has 0 N–H and O–H groups in total. The largest absolute Gasteiger partial charge is 0.414 e. The standard InChI is InChI=1S/C44H84O3Si3/c1-32(22-20-23-33(2)45-48(14,15)41(4,5)6)37-27-28-38-36(24-21-29-44(37,38)13)26-25-35-30-39(46-49(16,17)42(7,8)9)34(3)40(31-35)47-50(18,19)43(10,11)12/h25-26,32-33,37-40H,3,20-24,27-31H2,1-2,4-19H3/b36-26+/t32-,33?,37-,38+,39-,40-,44-/m1/s1. The second-order valence-electron chi connectivity index (χ2n) is 22.0. The van der Waals surface area contributed by atoms with Gasteiger partial charge in [0.05, 0.1) is 12.2 Å². The Bertz CT molecular complexity index is 1180. The normalized spacial score (nSPS) is 29.7. The molecule has 3 nitrogen and oxygen atoms in total. The van der Waals surface area contributed by atoms with Crippen LogP contribution in [0.5, 0.6) is 0 Å². The SMILES string of the molecule is C=C1[C@H](O[Si](C)(C)C(C)(C)C)CC(=C/C=C2\CCC[C@]3(C)[C@@H]([C@H](C)CCCC(C)O[Si](C)(C)C(C)(C)C)CC[C@@H]23)C[C@H]1O[Si](C)(C)C(C)(C)C. The Balaban J connectivity index is 1.77. The average molecular weight is 745 g/mol. The second kappa shape index (κ2) is 15.8. The molecule has 6 heteroatoms. The van der Waals surface area contributed by atoms with E-state index >= 15 is 0 Å². The minimum atomic E-state index is -1.98. The van der Waals surface area contributed by atoms with Crippen molar-refractivity contribution in [3.63, 3.8) is 0 Å². The van der Waals surface area contributed by atoms with Crippen molar-refractivity contribution in [1.29, 1.82) is 0 Å². The summed E-state index contributed by atoms with van der Waals surface area (Å²) in [6.45, 7) is 47.6. The molecule has 1 unspecified atom stereocenters. The van der Waals surface area contributed by atoms with Crippen molar-refractivity contribution in [3.05, 3.63) is 35.5 Å². The van der Waals surface area contributed by atoms with Crippen molar-refractivity contribution >= 4 is 25.0 Å². The lowest BCUT2D eigenvalue weighted by atomic mass is 9.60. The number of fused-ring (bicyclic) bond motifs is 1. The van der Waals surface area contributed by atoms with Gasteiger partial charge in [-0.3, -0.25) is 0 Å². The Morgan fingerprint density at radius 2 is 1.26 bits per heavy atom. The molecule has 290 valence electrons. The molecule has 3 aliphatic carbocycles. The lowest BCUT2D eigenvalue weighted by Gasteiger charge is -2.46. The smallest absolute Gasteiger partial charge is 0.192 e. The molecule has 0 radical (unpaired) electrons. The molecule has 0 bridgehead atoms. The van der Waals surface area contributed by atoms with E-state index in [1.54, 1.807) is 5.57 Å². The second-order valence-corrected chi connectivity index (χ2v) is 36.2. The van der Waals surface area contributed by atoms with E-state index in [0.29, 0.717) is 11.5 Å². The molecule has 0 saturated heterocycles. The zero-order valence-corrected chi connectivity index (χ0v) is 39.6. The summed E-state index contributed by atoms with van der Waals surface area (Å²) < 4.78 is 21.0. The fourth-order valence-electron chi connectivity index (χ4n) is 8.57. The van der Waals surface area contributed by atoms with E-state index < -0.39 is 25.0 Å². The molecular formula is C44H84O3Si3. The van der Waals surface area contributed by atoms with Crippen LogP contribution in [0.25, 0.3) is 0 Å². The fraction of sp³-hybridized carbons (Fsp3) is 0.864. The molecule has 7 atom stereocenters. The first-order valence-electron chi connectivity index (χ1n) is 20.6. The first-order chi connectivity index (χ1) is 22.5. The minimum Gasteiger partial charge on any atom is -0.414 e. The van der Waals surface area contributed by atoms with Gasteiger partial charge in [0.1, 0.15) is 0 Å². The molecule has 3 saturated carbocycles. The van der Waals surface area contributed by atoms with Crippen molar-refractivity contribution < 1.29 is 13.3 Å². The van der Waals surface area contributed by atoms with E-state index in [2.05, 4.69) is 141 Å². The van der Waals surface area contributed by atoms with Gasteiger partial charge in [0, 0.05) is 6.10 Å². The zero-order valence-electron chi connectivity index (χ0n) is 36.6. The summed E-state index contributed by atoms with van der Waals surface area (Å²) in [5, 5.41) is 0.591. The number of hydrogen-bond acceptors (Lipinski definition) is 3. The lowest BCUT2D eigenvalue weighted by Crippen LogP contribution is -2.49. The third-order valence-electron chi connectivity index (χ3n) is 15.0. The molecule has 0 amide bonds. The molecule has 0 aromatic carbocycles. The van der Waals surface area contributed by atoms with Crippen molar-refractivity contribution in [2.24, 2.45) is 23.2 Å². The van der Waals surface area contributed by atoms with Gasteiger partial charge in [-0.25, -0.2) is 0 Å². The Hall–Kier alpha value is -0.249. The summed E-state index contributed by atoms with van der Waals surface area (Å²) >= 11 is 0. The maximum absolute atomic E-state index is 7.13. The Labute approximate surface area is 315 Å². The van der Waals surface area contributed by atoms with Gasteiger partial charge in [-0.1, -0.05) is 119 Å². The minimum absolute atomic E-state index is 0.0346. The van der Waals surface area contributed by atoms with E-state index in [1.165, 1.54) is 62.5 Å². The number of hydrogen-bond donors (Lipinski definition) is 0. The maximum atomic E-state index is 7.13. The van der Waals surface area contributed by atoms with Crippen molar-refractivity contribution in [2.45, 2.75) is 220 Å². The summed E-state index contributed by atoms with van der Waals surface area (Å²) in [4.78, 5) is 0. The van der Waals surface area contributed by atoms with Crippen molar-refractivity contribution in [3.8, 4) is 0 Å². The van der Waals surface area contributed by atoms with Gasteiger partial charge in [0.2, 0.25) is 0 Å². The van der Waals surface area contributed by atoms with Crippen molar-refractivity contribution in [1.82, 2.24) is 0 Å². The highest BCUT2D eigenvalue weighted by molar-refractivity contribution is 6.75. The summed E-state index contributed by atoms with van der Waals surface area (Å²) in [6, 6.07) is 0. The van der Waals surface area contributed by atoms with Crippen molar-refractivity contribution in [2.75, 3.05) is 0 Å². The maximum Gasteiger partial charge on any atom is 0.192 e. The van der Waals surface area contributed by atoms with Crippen LogP contribution in [-0.2, 0) is 13.3 Å². The van der Waals surface area contributed by atoms with E-state index in [4.69, 9.17) is 13.3 Å². The summed E-state index contributed by atoms with van der Waals surface area (Å²) in [6.07, 6.45) is 17.9. The molecule has 50 heavy (non-hydrogen) atoms. The molecule has 3 fully saturated rings. The van der Waals surface area contributed by atoms with E-state index in [0.717, 1.165) is 30.6 Å². The predicted octanol–water partition coefficient (Wildman–Crippen LogP) is 14.4. The van der Waals surface area contributed by atoms with Crippen LogP contribution in [-0.4, -0.2) is 43.3 Å². The molecule has 0 aliphatic heterocycles. The van der Waals surface area contributed by atoms with E-state index in [1.807, 2.05) is 0 Å². The zero-order chi connectivity index (χ0) is 38.3. The first kappa shape index (κ1) is 44.1. The lowest BCUT2D eigenvalue weighted by molar-refractivity contribution is 0.0910. The van der Waals surface area contributed by atoms with Crippen LogP contribution in [0, 0.1) is 23.2 Å². The molecular weight excluding hydrogens is 661 g/mol. The van der Waals surface area contributed by atoms with E-state index in [-0.39, 0.29) is 27.3 Å². The summed E-state index contributed by atoms with van der Waals surface area (Å²) in [5.41, 5.74) is 4.80. The predicted molar refractivity (Wildman–Crippen MR) is 228 cm³/mol. The van der Waals surface area contributed by atoms with Gasteiger partial charge in [-0.15, -0.1) is 0 Å².